The van der Waals surface area contributed by atoms with Crippen LogP contribution in [0.5, 0.6) is 0 Å². The molecule has 2 unspecified atom stereocenters. The third-order valence-corrected chi connectivity index (χ3v) is 4.84. The Kier molecular flexibility index (Phi) is 3.36. The zero-order valence-electron chi connectivity index (χ0n) is 12.8. The molecule has 0 aromatic carbocycles. The van der Waals surface area contributed by atoms with E-state index in [9.17, 15) is 0 Å². The molecule has 4 rings (SSSR count). The summed E-state index contributed by atoms with van der Waals surface area (Å²) in [5.41, 5.74) is 1.02. The molecule has 6 nitrogen and oxygen atoms in total. The van der Waals surface area contributed by atoms with Gasteiger partial charge in [0.2, 0.25) is 0 Å². The third-order valence-electron chi connectivity index (χ3n) is 4.84. The molecule has 0 bridgehead atoms. The monoisotopic (exact) mass is 296 g/mol. The number of rotatable bonds is 2. The lowest BCUT2D eigenvalue weighted by atomic mass is 9.92. The van der Waals surface area contributed by atoms with E-state index in [1.807, 2.05) is 19.2 Å². The molecule has 22 heavy (non-hydrogen) atoms. The molecule has 6 heteroatoms. The predicted molar refractivity (Wildman–Crippen MR) is 84.9 cm³/mol. The van der Waals surface area contributed by atoms with E-state index in [0.29, 0.717) is 6.04 Å². The highest BCUT2D eigenvalue weighted by Gasteiger charge is 2.39. The van der Waals surface area contributed by atoms with Crippen LogP contribution < -0.4 is 9.80 Å². The van der Waals surface area contributed by atoms with E-state index in [1.165, 1.54) is 12.8 Å². The lowest BCUT2D eigenvalue weighted by molar-refractivity contribution is 0.388. The summed E-state index contributed by atoms with van der Waals surface area (Å²) < 4.78 is 0. The average molecular weight is 296 g/mol. The molecule has 0 N–H and O–H groups in total. The van der Waals surface area contributed by atoms with Gasteiger partial charge in [0.1, 0.15) is 24.3 Å². The van der Waals surface area contributed by atoms with Crippen LogP contribution in [0, 0.1) is 12.8 Å². The van der Waals surface area contributed by atoms with Gasteiger partial charge in [-0.05, 0) is 31.7 Å². The number of aromatic nitrogens is 4. The Morgan fingerprint density at radius 1 is 1.05 bits per heavy atom. The maximum Gasteiger partial charge on any atom is 0.132 e. The SMILES string of the molecule is Cc1cc(N2CCC3CCN(c4ccncn4)CC32)ncn1. The number of fused-ring (bicyclic) bond motifs is 1. The summed E-state index contributed by atoms with van der Waals surface area (Å²) in [4.78, 5) is 21.9. The molecule has 2 aliphatic heterocycles. The van der Waals surface area contributed by atoms with Gasteiger partial charge in [0, 0.05) is 37.6 Å². The standard InChI is InChI=1S/C16H20N6/c1-12-8-16(20-11-18-12)22-7-4-13-3-6-21(9-14(13)22)15-2-5-17-10-19-15/h2,5,8,10-11,13-14H,3-4,6-7,9H2,1H3. The molecule has 0 saturated carbocycles. The van der Waals surface area contributed by atoms with E-state index < -0.39 is 0 Å². The number of nitrogens with zero attached hydrogens (tertiary/aromatic N) is 6. The van der Waals surface area contributed by atoms with Crippen molar-refractivity contribution >= 4 is 11.6 Å². The van der Waals surface area contributed by atoms with Crippen LogP contribution in [0.3, 0.4) is 0 Å². The van der Waals surface area contributed by atoms with Gasteiger partial charge in [-0.2, -0.15) is 0 Å². The van der Waals surface area contributed by atoms with Crippen molar-refractivity contribution in [1.82, 2.24) is 19.9 Å². The van der Waals surface area contributed by atoms with Crippen LogP contribution >= 0.6 is 0 Å². The van der Waals surface area contributed by atoms with Crippen molar-refractivity contribution < 1.29 is 0 Å². The predicted octanol–water partition coefficient (Wildman–Crippen LogP) is 1.68. The van der Waals surface area contributed by atoms with E-state index in [0.717, 1.165) is 42.9 Å². The zero-order valence-corrected chi connectivity index (χ0v) is 12.8. The normalized spacial score (nSPS) is 24.4. The highest BCUT2D eigenvalue weighted by atomic mass is 15.3. The number of anilines is 2. The van der Waals surface area contributed by atoms with Crippen molar-refractivity contribution in [3.8, 4) is 0 Å². The second kappa shape index (κ2) is 5.51. The summed E-state index contributed by atoms with van der Waals surface area (Å²) >= 11 is 0. The van der Waals surface area contributed by atoms with E-state index in [2.05, 4.69) is 35.8 Å². The maximum atomic E-state index is 4.48. The van der Waals surface area contributed by atoms with Crippen molar-refractivity contribution in [3.63, 3.8) is 0 Å². The molecular weight excluding hydrogens is 276 g/mol. The van der Waals surface area contributed by atoms with Crippen molar-refractivity contribution in [2.24, 2.45) is 5.92 Å². The van der Waals surface area contributed by atoms with Gasteiger partial charge in [-0.1, -0.05) is 0 Å². The number of piperidine rings is 1. The van der Waals surface area contributed by atoms with Crippen LogP contribution in [0.25, 0.3) is 0 Å². The fourth-order valence-corrected chi connectivity index (χ4v) is 3.70. The Hall–Kier alpha value is -2.24. The summed E-state index contributed by atoms with van der Waals surface area (Å²) in [6.07, 6.45) is 7.58. The van der Waals surface area contributed by atoms with Crippen molar-refractivity contribution in [2.75, 3.05) is 29.4 Å². The molecule has 2 fully saturated rings. The van der Waals surface area contributed by atoms with Gasteiger partial charge >= 0.3 is 0 Å². The first-order chi connectivity index (χ1) is 10.8. The summed E-state index contributed by atoms with van der Waals surface area (Å²) in [5.74, 6) is 2.84. The lowest BCUT2D eigenvalue weighted by Crippen LogP contribution is -2.48. The van der Waals surface area contributed by atoms with Gasteiger partial charge in [0.25, 0.3) is 0 Å². The molecule has 0 aliphatic carbocycles. The lowest BCUT2D eigenvalue weighted by Gasteiger charge is -2.39. The minimum Gasteiger partial charge on any atom is -0.354 e. The van der Waals surface area contributed by atoms with Crippen LogP contribution in [0.2, 0.25) is 0 Å². The smallest absolute Gasteiger partial charge is 0.132 e. The zero-order chi connectivity index (χ0) is 14.9. The minimum absolute atomic E-state index is 0.512. The van der Waals surface area contributed by atoms with E-state index in [4.69, 9.17) is 0 Å². The van der Waals surface area contributed by atoms with E-state index in [-0.39, 0.29) is 0 Å². The van der Waals surface area contributed by atoms with Gasteiger partial charge < -0.3 is 9.80 Å². The van der Waals surface area contributed by atoms with E-state index >= 15 is 0 Å². The maximum absolute atomic E-state index is 4.48. The van der Waals surface area contributed by atoms with E-state index in [1.54, 1.807) is 12.7 Å². The van der Waals surface area contributed by atoms with Crippen molar-refractivity contribution in [2.45, 2.75) is 25.8 Å². The minimum atomic E-state index is 0.512. The molecule has 4 heterocycles. The fourth-order valence-electron chi connectivity index (χ4n) is 3.70. The highest BCUT2D eigenvalue weighted by molar-refractivity contribution is 5.45. The summed E-state index contributed by atoms with van der Waals surface area (Å²) in [6.45, 7) is 5.19. The van der Waals surface area contributed by atoms with Crippen LogP contribution in [-0.2, 0) is 0 Å². The molecule has 0 radical (unpaired) electrons. The molecule has 0 spiro atoms. The van der Waals surface area contributed by atoms with Crippen LogP contribution in [-0.4, -0.2) is 45.6 Å². The Morgan fingerprint density at radius 3 is 2.73 bits per heavy atom. The van der Waals surface area contributed by atoms with Crippen LogP contribution in [0.15, 0.2) is 31.0 Å². The molecule has 2 saturated heterocycles. The first-order valence-electron chi connectivity index (χ1n) is 7.87. The largest absolute Gasteiger partial charge is 0.354 e. The van der Waals surface area contributed by atoms with Gasteiger partial charge in [0.15, 0.2) is 0 Å². The fraction of sp³-hybridized carbons (Fsp3) is 0.500. The van der Waals surface area contributed by atoms with Crippen molar-refractivity contribution in [1.29, 1.82) is 0 Å². The summed E-state index contributed by atoms with van der Waals surface area (Å²) in [5, 5.41) is 0. The first-order valence-corrected chi connectivity index (χ1v) is 7.87. The quantitative estimate of drug-likeness (QED) is 0.840. The van der Waals surface area contributed by atoms with Gasteiger partial charge in [-0.25, -0.2) is 19.9 Å². The Balaban J connectivity index is 1.57. The topological polar surface area (TPSA) is 58.0 Å². The number of hydrogen-bond donors (Lipinski definition) is 0. The first kappa shape index (κ1) is 13.4. The second-order valence-corrected chi connectivity index (χ2v) is 6.13. The Bertz CT molecular complexity index is 646. The summed E-state index contributed by atoms with van der Waals surface area (Å²) in [6, 6.07) is 4.60. The molecule has 2 aromatic rings. The molecule has 114 valence electrons. The molecule has 2 aromatic heterocycles. The van der Waals surface area contributed by atoms with Gasteiger partial charge in [-0.15, -0.1) is 0 Å². The van der Waals surface area contributed by atoms with Crippen molar-refractivity contribution in [3.05, 3.63) is 36.7 Å². The number of aryl methyl sites for hydroxylation is 1. The molecular formula is C16H20N6. The Morgan fingerprint density at radius 2 is 1.91 bits per heavy atom. The molecule has 2 aliphatic rings. The molecule has 2 atom stereocenters. The third kappa shape index (κ3) is 2.38. The van der Waals surface area contributed by atoms with Gasteiger partial charge in [-0.3, -0.25) is 0 Å². The van der Waals surface area contributed by atoms with Crippen LogP contribution in [0.1, 0.15) is 18.5 Å². The summed E-state index contributed by atoms with van der Waals surface area (Å²) in [7, 11) is 0. The van der Waals surface area contributed by atoms with Crippen LogP contribution in [0.4, 0.5) is 11.6 Å². The average Bonchev–Trinajstić information content (AvgIpc) is 2.99. The Labute approximate surface area is 130 Å². The van der Waals surface area contributed by atoms with Gasteiger partial charge in [0.05, 0.1) is 6.04 Å². The number of hydrogen-bond acceptors (Lipinski definition) is 6. The highest BCUT2D eigenvalue weighted by Crippen LogP contribution is 2.35. The molecule has 0 amide bonds. The second-order valence-electron chi connectivity index (χ2n) is 6.13.